The number of amides is 1. The van der Waals surface area contributed by atoms with Gasteiger partial charge in [0.2, 0.25) is 5.91 Å². The third kappa shape index (κ3) is 3.52. The van der Waals surface area contributed by atoms with Crippen molar-refractivity contribution in [2.45, 2.75) is 13.3 Å². The molecule has 1 aromatic heterocycles. The standard InChI is InChI=1S/C21H21FN2O2/c1-13-9-19(16-7-6-15(22)12-20(16)26-4)23-18-8-5-14(10-17(13)18)11-21(25)24(2)3/h5-10,12H,11H2,1-4H3. The topological polar surface area (TPSA) is 42.4 Å². The highest BCUT2D eigenvalue weighted by atomic mass is 19.1. The third-order valence-electron chi connectivity index (χ3n) is 4.37. The van der Waals surface area contributed by atoms with Crippen molar-refractivity contribution in [2.24, 2.45) is 0 Å². The van der Waals surface area contributed by atoms with E-state index < -0.39 is 0 Å². The van der Waals surface area contributed by atoms with Crippen LogP contribution >= 0.6 is 0 Å². The van der Waals surface area contributed by atoms with Gasteiger partial charge in [-0.2, -0.15) is 0 Å². The van der Waals surface area contributed by atoms with Gasteiger partial charge in [0, 0.05) is 31.1 Å². The molecule has 0 N–H and O–H groups in total. The second-order valence-electron chi connectivity index (χ2n) is 6.49. The Labute approximate surface area is 152 Å². The molecule has 0 bridgehead atoms. The van der Waals surface area contributed by atoms with Crippen molar-refractivity contribution in [3.63, 3.8) is 0 Å². The maximum Gasteiger partial charge on any atom is 0.226 e. The molecule has 0 fully saturated rings. The predicted molar refractivity (Wildman–Crippen MR) is 101 cm³/mol. The SMILES string of the molecule is COc1cc(F)ccc1-c1cc(C)c2cc(CC(=O)N(C)C)ccc2n1. The quantitative estimate of drug-likeness (QED) is 0.713. The number of ether oxygens (including phenoxy) is 1. The molecule has 0 aliphatic rings. The molecule has 4 nitrogen and oxygen atoms in total. The molecule has 1 heterocycles. The first-order chi connectivity index (χ1) is 12.4. The lowest BCUT2D eigenvalue weighted by molar-refractivity contribution is -0.127. The summed E-state index contributed by atoms with van der Waals surface area (Å²) in [7, 11) is 5.01. The molecule has 0 saturated carbocycles. The maximum atomic E-state index is 13.5. The lowest BCUT2D eigenvalue weighted by Crippen LogP contribution is -2.23. The van der Waals surface area contributed by atoms with Gasteiger partial charge >= 0.3 is 0 Å². The van der Waals surface area contributed by atoms with Crippen molar-refractivity contribution in [3.05, 3.63) is 59.4 Å². The van der Waals surface area contributed by atoms with E-state index in [1.165, 1.54) is 19.2 Å². The van der Waals surface area contributed by atoms with Gasteiger partial charge in [-0.25, -0.2) is 9.37 Å². The van der Waals surface area contributed by atoms with Crippen LogP contribution in [0.4, 0.5) is 4.39 Å². The van der Waals surface area contributed by atoms with Crippen LogP contribution in [0.1, 0.15) is 11.1 Å². The molecule has 0 spiro atoms. The van der Waals surface area contributed by atoms with Gasteiger partial charge in [-0.15, -0.1) is 0 Å². The first-order valence-electron chi connectivity index (χ1n) is 8.33. The Morgan fingerprint density at radius 3 is 2.62 bits per heavy atom. The van der Waals surface area contributed by atoms with Crippen molar-refractivity contribution in [3.8, 4) is 17.0 Å². The highest BCUT2D eigenvalue weighted by Crippen LogP contribution is 2.32. The fourth-order valence-corrected chi connectivity index (χ4v) is 2.90. The number of likely N-dealkylation sites (N-methyl/N-ethyl adjacent to an activating group) is 1. The molecule has 2 aromatic carbocycles. The summed E-state index contributed by atoms with van der Waals surface area (Å²) in [6, 6.07) is 12.2. The van der Waals surface area contributed by atoms with Crippen LogP contribution in [0, 0.1) is 12.7 Å². The number of aromatic nitrogens is 1. The summed E-state index contributed by atoms with van der Waals surface area (Å²) >= 11 is 0. The van der Waals surface area contributed by atoms with Gasteiger partial charge in [0.05, 0.1) is 24.7 Å². The Morgan fingerprint density at radius 2 is 1.92 bits per heavy atom. The van der Waals surface area contributed by atoms with Crippen molar-refractivity contribution in [1.82, 2.24) is 9.88 Å². The van der Waals surface area contributed by atoms with E-state index in [-0.39, 0.29) is 11.7 Å². The van der Waals surface area contributed by atoms with Gasteiger partial charge in [-0.3, -0.25) is 4.79 Å². The number of hydrogen-bond acceptors (Lipinski definition) is 3. The molecule has 134 valence electrons. The Morgan fingerprint density at radius 1 is 1.15 bits per heavy atom. The number of hydrogen-bond donors (Lipinski definition) is 0. The lowest BCUT2D eigenvalue weighted by atomic mass is 10.0. The Balaban J connectivity index is 2.05. The minimum absolute atomic E-state index is 0.0580. The zero-order valence-electron chi connectivity index (χ0n) is 15.3. The van der Waals surface area contributed by atoms with Gasteiger partial charge in [0.15, 0.2) is 0 Å². The van der Waals surface area contributed by atoms with Crippen LogP contribution in [0.5, 0.6) is 5.75 Å². The first kappa shape index (κ1) is 17.9. The molecule has 0 saturated heterocycles. The van der Waals surface area contributed by atoms with E-state index in [1.807, 2.05) is 31.2 Å². The molecular weight excluding hydrogens is 331 g/mol. The van der Waals surface area contributed by atoms with Crippen LogP contribution in [-0.4, -0.2) is 37.0 Å². The molecule has 0 atom stereocenters. The van der Waals surface area contributed by atoms with Crippen LogP contribution in [0.15, 0.2) is 42.5 Å². The minimum Gasteiger partial charge on any atom is -0.496 e. The number of rotatable bonds is 4. The zero-order valence-corrected chi connectivity index (χ0v) is 15.3. The molecule has 0 unspecified atom stereocenters. The Hall–Kier alpha value is -2.95. The normalized spacial score (nSPS) is 10.8. The number of methoxy groups -OCH3 is 1. The lowest BCUT2D eigenvalue weighted by Gasteiger charge is -2.13. The first-order valence-corrected chi connectivity index (χ1v) is 8.33. The largest absolute Gasteiger partial charge is 0.496 e. The molecule has 3 rings (SSSR count). The highest BCUT2D eigenvalue weighted by molar-refractivity contribution is 5.87. The number of aryl methyl sites for hydroxylation is 1. The minimum atomic E-state index is -0.349. The highest BCUT2D eigenvalue weighted by Gasteiger charge is 2.12. The summed E-state index contributed by atoms with van der Waals surface area (Å²) in [5.41, 5.74) is 4.28. The van der Waals surface area contributed by atoms with Crippen molar-refractivity contribution < 1.29 is 13.9 Å². The van der Waals surface area contributed by atoms with Crippen LogP contribution < -0.4 is 4.74 Å². The van der Waals surface area contributed by atoms with Crippen molar-refractivity contribution in [2.75, 3.05) is 21.2 Å². The monoisotopic (exact) mass is 352 g/mol. The summed E-state index contributed by atoms with van der Waals surface area (Å²) in [6.45, 7) is 2.00. The molecule has 0 aliphatic carbocycles. The predicted octanol–water partition coefficient (Wildman–Crippen LogP) is 3.99. The molecular formula is C21H21FN2O2. The van der Waals surface area contributed by atoms with Crippen LogP contribution in [0.2, 0.25) is 0 Å². The molecule has 0 radical (unpaired) electrons. The van der Waals surface area contributed by atoms with E-state index >= 15 is 0 Å². The zero-order chi connectivity index (χ0) is 18.8. The molecule has 5 heteroatoms. The van der Waals surface area contributed by atoms with Gasteiger partial charge in [-0.1, -0.05) is 6.07 Å². The summed E-state index contributed by atoms with van der Waals surface area (Å²) in [5.74, 6) is 0.158. The summed E-state index contributed by atoms with van der Waals surface area (Å²) < 4.78 is 18.8. The molecule has 26 heavy (non-hydrogen) atoms. The van der Waals surface area contributed by atoms with Crippen LogP contribution in [0.25, 0.3) is 22.2 Å². The van der Waals surface area contributed by atoms with E-state index in [0.29, 0.717) is 12.2 Å². The Bertz CT molecular complexity index is 983. The van der Waals surface area contributed by atoms with E-state index in [4.69, 9.17) is 9.72 Å². The summed E-state index contributed by atoms with van der Waals surface area (Å²) in [5, 5.41) is 0.999. The fraction of sp³-hybridized carbons (Fsp3) is 0.238. The Kier molecular flexibility index (Phi) is 4.89. The van der Waals surface area contributed by atoms with Crippen molar-refractivity contribution in [1.29, 1.82) is 0 Å². The number of benzene rings is 2. The smallest absolute Gasteiger partial charge is 0.226 e. The van der Waals surface area contributed by atoms with Crippen LogP contribution in [0.3, 0.4) is 0 Å². The number of fused-ring (bicyclic) bond motifs is 1. The third-order valence-corrected chi connectivity index (χ3v) is 4.37. The summed E-state index contributed by atoms with van der Waals surface area (Å²) in [4.78, 5) is 18.2. The number of carbonyl (C=O) groups excluding carboxylic acids is 1. The number of nitrogens with zero attached hydrogens (tertiary/aromatic N) is 2. The van der Waals surface area contributed by atoms with Gasteiger partial charge < -0.3 is 9.64 Å². The van der Waals surface area contributed by atoms with Crippen LogP contribution in [-0.2, 0) is 11.2 Å². The fourth-order valence-electron chi connectivity index (χ4n) is 2.90. The van der Waals surface area contributed by atoms with E-state index in [2.05, 4.69) is 0 Å². The molecule has 3 aromatic rings. The average Bonchev–Trinajstić information content (AvgIpc) is 2.61. The summed E-state index contributed by atoms with van der Waals surface area (Å²) in [6.07, 6.45) is 0.357. The second kappa shape index (κ2) is 7.12. The number of carbonyl (C=O) groups is 1. The molecule has 1 amide bonds. The van der Waals surface area contributed by atoms with Gasteiger partial charge in [0.25, 0.3) is 0 Å². The van der Waals surface area contributed by atoms with E-state index in [9.17, 15) is 9.18 Å². The van der Waals surface area contributed by atoms with Gasteiger partial charge in [-0.05, 0) is 48.4 Å². The van der Waals surface area contributed by atoms with E-state index in [1.54, 1.807) is 25.1 Å². The average molecular weight is 352 g/mol. The number of pyridine rings is 1. The number of halogens is 1. The van der Waals surface area contributed by atoms with Crippen molar-refractivity contribution >= 4 is 16.8 Å². The van der Waals surface area contributed by atoms with Gasteiger partial charge in [0.1, 0.15) is 11.6 Å². The molecule has 0 aliphatic heterocycles. The maximum absolute atomic E-state index is 13.5. The second-order valence-corrected chi connectivity index (χ2v) is 6.49. The van der Waals surface area contributed by atoms with E-state index in [0.717, 1.165) is 33.3 Å².